The standard InChI is InChI=1S/C20H35N3O2/c1-5-21-20(22-12-14-25-13-11-17(3)4)23-15-18-7-9-19(10-8-18)16-24-6-2/h7-10,17H,5-6,11-16H2,1-4H3,(H2,21,22,23). The Balaban J connectivity index is 2.36. The van der Waals surface area contributed by atoms with Gasteiger partial charge in [0.1, 0.15) is 0 Å². The molecule has 1 rings (SSSR count). The topological polar surface area (TPSA) is 54.9 Å². The molecule has 0 unspecified atom stereocenters. The molecule has 0 saturated heterocycles. The molecule has 0 fully saturated rings. The van der Waals surface area contributed by atoms with E-state index in [1.54, 1.807) is 0 Å². The first-order chi connectivity index (χ1) is 12.2. The van der Waals surface area contributed by atoms with Crippen LogP contribution in [-0.2, 0) is 22.6 Å². The average Bonchev–Trinajstić information content (AvgIpc) is 2.61. The van der Waals surface area contributed by atoms with Crippen molar-refractivity contribution in [1.82, 2.24) is 10.6 Å². The van der Waals surface area contributed by atoms with Gasteiger partial charge < -0.3 is 20.1 Å². The van der Waals surface area contributed by atoms with E-state index in [1.807, 2.05) is 6.92 Å². The second-order valence-electron chi connectivity index (χ2n) is 6.37. The van der Waals surface area contributed by atoms with E-state index in [9.17, 15) is 0 Å². The van der Waals surface area contributed by atoms with Gasteiger partial charge >= 0.3 is 0 Å². The summed E-state index contributed by atoms with van der Waals surface area (Å²) < 4.78 is 11.0. The lowest BCUT2D eigenvalue weighted by atomic mass is 10.1. The van der Waals surface area contributed by atoms with E-state index >= 15 is 0 Å². The van der Waals surface area contributed by atoms with Crippen LogP contribution in [0.5, 0.6) is 0 Å². The molecule has 142 valence electrons. The Morgan fingerprint density at radius 2 is 1.72 bits per heavy atom. The number of hydrogen-bond acceptors (Lipinski definition) is 3. The van der Waals surface area contributed by atoms with Gasteiger partial charge in [0.05, 0.1) is 19.8 Å². The van der Waals surface area contributed by atoms with Gasteiger partial charge in [0, 0.05) is 26.3 Å². The Morgan fingerprint density at radius 3 is 2.36 bits per heavy atom. The highest BCUT2D eigenvalue weighted by atomic mass is 16.5. The molecule has 5 nitrogen and oxygen atoms in total. The van der Waals surface area contributed by atoms with Crippen LogP contribution in [0.15, 0.2) is 29.3 Å². The SMILES string of the molecule is CCNC(=NCc1ccc(COCC)cc1)NCCOCCC(C)C. The van der Waals surface area contributed by atoms with Gasteiger partial charge in [0.2, 0.25) is 0 Å². The molecular formula is C20H35N3O2. The summed E-state index contributed by atoms with van der Waals surface area (Å²) in [7, 11) is 0. The zero-order valence-corrected chi connectivity index (χ0v) is 16.3. The van der Waals surface area contributed by atoms with Crippen molar-refractivity contribution in [3.8, 4) is 0 Å². The molecule has 0 radical (unpaired) electrons. The monoisotopic (exact) mass is 349 g/mol. The molecule has 0 aliphatic carbocycles. The predicted molar refractivity (Wildman–Crippen MR) is 105 cm³/mol. The second-order valence-corrected chi connectivity index (χ2v) is 6.37. The summed E-state index contributed by atoms with van der Waals surface area (Å²) in [6, 6.07) is 8.42. The van der Waals surface area contributed by atoms with Gasteiger partial charge in [0.15, 0.2) is 5.96 Å². The fourth-order valence-corrected chi connectivity index (χ4v) is 2.14. The molecule has 0 aliphatic rings. The van der Waals surface area contributed by atoms with Crippen LogP contribution in [0.1, 0.15) is 45.2 Å². The first-order valence-corrected chi connectivity index (χ1v) is 9.41. The van der Waals surface area contributed by atoms with Crippen LogP contribution in [0.3, 0.4) is 0 Å². The third kappa shape index (κ3) is 10.8. The summed E-state index contributed by atoms with van der Waals surface area (Å²) in [5.41, 5.74) is 2.38. The van der Waals surface area contributed by atoms with Crippen molar-refractivity contribution in [3.05, 3.63) is 35.4 Å². The number of ether oxygens (including phenoxy) is 2. The Labute approximate surface area is 153 Å². The van der Waals surface area contributed by atoms with Crippen molar-refractivity contribution in [2.75, 3.05) is 32.9 Å². The van der Waals surface area contributed by atoms with Crippen LogP contribution in [-0.4, -0.2) is 38.9 Å². The minimum absolute atomic E-state index is 0.651. The highest BCUT2D eigenvalue weighted by molar-refractivity contribution is 5.79. The highest BCUT2D eigenvalue weighted by Crippen LogP contribution is 2.07. The lowest BCUT2D eigenvalue weighted by Gasteiger charge is -2.12. The number of nitrogens with one attached hydrogen (secondary N) is 2. The van der Waals surface area contributed by atoms with Crippen molar-refractivity contribution >= 4 is 5.96 Å². The molecule has 0 amide bonds. The lowest BCUT2D eigenvalue weighted by Crippen LogP contribution is -2.39. The molecule has 1 aromatic carbocycles. The van der Waals surface area contributed by atoms with Gasteiger partial charge in [0.25, 0.3) is 0 Å². The van der Waals surface area contributed by atoms with Crippen molar-refractivity contribution in [1.29, 1.82) is 0 Å². The van der Waals surface area contributed by atoms with Gasteiger partial charge in [-0.1, -0.05) is 38.1 Å². The minimum Gasteiger partial charge on any atom is -0.380 e. The Kier molecular flexibility index (Phi) is 11.7. The summed E-state index contributed by atoms with van der Waals surface area (Å²) in [6.07, 6.45) is 1.10. The maximum absolute atomic E-state index is 5.62. The minimum atomic E-state index is 0.651. The normalized spacial score (nSPS) is 11.8. The average molecular weight is 350 g/mol. The number of hydrogen-bond donors (Lipinski definition) is 2. The summed E-state index contributed by atoms with van der Waals surface area (Å²) in [6.45, 7) is 13.7. The second kappa shape index (κ2) is 13.7. The first kappa shape index (κ1) is 21.5. The van der Waals surface area contributed by atoms with Crippen LogP contribution in [0.4, 0.5) is 0 Å². The van der Waals surface area contributed by atoms with Crippen LogP contribution in [0.2, 0.25) is 0 Å². The summed E-state index contributed by atoms with van der Waals surface area (Å²) in [5, 5.41) is 6.58. The first-order valence-electron chi connectivity index (χ1n) is 9.41. The van der Waals surface area contributed by atoms with Crippen molar-refractivity contribution < 1.29 is 9.47 Å². The summed E-state index contributed by atoms with van der Waals surface area (Å²) >= 11 is 0. The van der Waals surface area contributed by atoms with Gasteiger partial charge in [-0.05, 0) is 37.3 Å². The number of benzene rings is 1. The molecule has 0 saturated carbocycles. The van der Waals surface area contributed by atoms with Gasteiger partial charge in [-0.3, -0.25) is 0 Å². The smallest absolute Gasteiger partial charge is 0.191 e. The number of guanidine groups is 1. The third-order valence-electron chi connectivity index (χ3n) is 3.64. The van der Waals surface area contributed by atoms with E-state index in [1.165, 1.54) is 11.1 Å². The zero-order chi connectivity index (χ0) is 18.3. The summed E-state index contributed by atoms with van der Waals surface area (Å²) in [4.78, 5) is 4.63. The molecule has 5 heteroatoms. The molecule has 0 atom stereocenters. The van der Waals surface area contributed by atoms with Crippen LogP contribution < -0.4 is 10.6 Å². The molecule has 0 aromatic heterocycles. The van der Waals surface area contributed by atoms with Gasteiger partial charge in [-0.25, -0.2) is 4.99 Å². The van der Waals surface area contributed by atoms with E-state index in [0.717, 1.165) is 38.7 Å². The van der Waals surface area contributed by atoms with E-state index in [0.29, 0.717) is 25.7 Å². The third-order valence-corrected chi connectivity index (χ3v) is 3.64. The predicted octanol–water partition coefficient (Wildman–Crippen LogP) is 3.34. The van der Waals surface area contributed by atoms with E-state index in [-0.39, 0.29) is 0 Å². The molecular weight excluding hydrogens is 314 g/mol. The maximum Gasteiger partial charge on any atom is 0.191 e. The van der Waals surface area contributed by atoms with E-state index < -0.39 is 0 Å². The number of nitrogens with zero attached hydrogens (tertiary/aromatic N) is 1. The molecule has 0 heterocycles. The van der Waals surface area contributed by atoms with Crippen molar-refractivity contribution in [2.45, 2.75) is 47.3 Å². The molecule has 2 N–H and O–H groups in total. The molecule has 25 heavy (non-hydrogen) atoms. The quantitative estimate of drug-likeness (QED) is 0.345. The molecule has 1 aromatic rings. The van der Waals surface area contributed by atoms with Gasteiger partial charge in [-0.2, -0.15) is 0 Å². The number of aliphatic imine (C=N–C) groups is 1. The largest absolute Gasteiger partial charge is 0.380 e. The highest BCUT2D eigenvalue weighted by Gasteiger charge is 1.99. The Morgan fingerprint density at radius 1 is 1.00 bits per heavy atom. The maximum atomic E-state index is 5.62. The van der Waals surface area contributed by atoms with Crippen molar-refractivity contribution in [3.63, 3.8) is 0 Å². The van der Waals surface area contributed by atoms with Crippen LogP contribution in [0.25, 0.3) is 0 Å². The van der Waals surface area contributed by atoms with E-state index in [4.69, 9.17) is 9.47 Å². The Bertz CT molecular complexity index is 472. The molecule has 0 bridgehead atoms. The fourth-order valence-electron chi connectivity index (χ4n) is 2.14. The fraction of sp³-hybridized carbons (Fsp3) is 0.650. The number of rotatable bonds is 12. The summed E-state index contributed by atoms with van der Waals surface area (Å²) in [5.74, 6) is 1.51. The molecule has 0 aliphatic heterocycles. The van der Waals surface area contributed by atoms with Crippen LogP contribution >= 0.6 is 0 Å². The zero-order valence-electron chi connectivity index (χ0n) is 16.3. The lowest BCUT2D eigenvalue weighted by molar-refractivity contribution is 0.128. The van der Waals surface area contributed by atoms with Gasteiger partial charge in [-0.15, -0.1) is 0 Å². The van der Waals surface area contributed by atoms with Crippen LogP contribution in [0, 0.1) is 5.92 Å². The van der Waals surface area contributed by atoms with Crippen molar-refractivity contribution in [2.24, 2.45) is 10.9 Å². The molecule has 0 spiro atoms. The van der Waals surface area contributed by atoms with E-state index in [2.05, 4.69) is 60.7 Å². The Hall–Kier alpha value is -1.59.